The van der Waals surface area contributed by atoms with Crippen molar-refractivity contribution in [3.05, 3.63) is 82.1 Å². The van der Waals surface area contributed by atoms with E-state index in [1.165, 1.54) is 23.9 Å². The third-order valence-corrected chi connectivity index (χ3v) is 9.04. The summed E-state index contributed by atoms with van der Waals surface area (Å²) in [6.07, 6.45) is 0.699. The van der Waals surface area contributed by atoms with Crippen LogP contribution in [0.2, 0.25) is 0 Å². The topological polar surface area (TPSA) is 84.2 Å². The average molecular weight is 600 g/mol. The van der Waals surface area contributed by atoms with E-state index in [1.54, 1.807) is 29.4 Å². The van der Waals surface area contributed by atoms with Gasteiger partial charge in [-0.05, 0) is 42.2 Å². The molecule has 1 atom stereocenters. The van der Waals surface area contributed by atoms with Crippen LogP contribution in [-0.2, 0) is 31.6 Å². The zero-order chi connectivity index (χ0) is 30.7. The molecular weight excluding hydrogens is 569 g/mol. The standard InChI is InChI=1S/C30H30F5N7O/c1-19-14-40(7-6-29(19,31)32)15-20-8-24(30(33,34)35)25-17-41(27(43)42(25)16-20)23-5-3-4-22(9-23)28(10-21(11-28)13-36)12-26-38-37-18-39(26)2/h3-5,8-9,16-19,21H,6-7,10-12,14-15H2,1-2H3/t19?,21-,28+. The Hall–Kier alpha value is -4.05. The molecule has 226 valence electrons. The van der Waals surface area contributed by atoms with E-state index >= 15 is 0 Å². The van der Waals surface area contributed by atoms with E-state index in [1.807, 2.05) is 17.7 Å². The third kappa shape index (κ3) is 5.22. The monoisotopic (exact) mass is 599 g/mol. The molecular formula is C30H30F5N7O. The van der Waals surface area contributed by atoms with E-state index in [-0.39, 0.29) is 43.1 Å². The van der Waals surface area contributed by atoms with Crippen LogP contribution in [0.4, 0.5) is 22.0 Å². The zero-order valence-corrected chi connectivity index (χ0v) is 23.7. The zero-order valence-electron chi connectivity index (χ0n) is 23.7. The SMILES string of the molecule is CC1CN(Cc2cc(C(F)(F)F)c3cn(-c4cccc([C@]5(Cc6nncn6C)C[C@H](C#N)C5)c4)c(=O)n3c2)CCC1(F)F. The van der Waals surface area contributed by atoms with Gasteiger partial charge < -0.3 is 4.57 Å². The molecule has 0 N–H and O–H groups in total. The molecule has 1 unspecified atom stereocenters. The predicted molar refractivity (Wildman–Crippen MR) is 147 cm³/mol. The summed E-state index contributed by atoms with van der Waals surface area (Å²) in [5.41, 5.74) is -0.921. The van der Waals surface area contributed by atoms with Crippen molar-refractivity contribution in [2.75, 3.05) is 13.1 Å². The fraction of sp³-hybridized carbons (Fsp3) is 0.467. The number of imidazole rings is 1. The second-order valence-corrected chi connectivity index (χ2v) is 12.0. The quantitative estimate of drug-likeness (QED) is 0.287. The maximum Gasteiger partial charge on any atom is 0.418 e. The number of aryl methyl sites for hydroxylation is 1. The van der Waals surface area contributed by atoms with Gasteiger partial charge in [-0.25, -0.2) is 13.6 Å². The fourth-order valence-corrected chi connectivity index (χ4v) is 6.52. The first-order valence-corrected chi connectivity index (χ1v) is 14.1. The van der Waals surface area contributed by atoms with Crippen LogP contribution < -0.4 is 5.69 Å². The lowest BCUT2D eigenvalue weighted by atomic mass is 9.57. The van der Waals surface area contributed by atoms with Gasteiger partial charge in [0, 0.05) is 69.2 Å². The first kappa shape index (κ1) is 29.0. The van der Waals surface area contributed by atoms with Crippen LogP contribution in [0.3, 0.4) is 0 Å². The number of hydrogen-bond donors (Lipinski definition) is 0. The number of hydrogen-bond acceptors (Lipinski definition) is 5. The van der Waals surface area contributed by atoms with Crippen molar-refractivity contribution in [2.45, 2.75) is 56.7 Å². The van der Waals surface area contributed by atoms with Crippen molar-refractivity contribution in [3.8, 4) is 11.8 Å². The minimum Gasteiger partial charge on any atom is -0.321 e. The maximum absolute atomic E-state index is 14.3. The van der Waals surface area contributed by atoms with Gasteiger partial charge in [-0.1, -0.05) is 19.1 Å². The molecule has 0 spiro atoms. The van der Waals surface area contributed by atoms with Crippen molar-refractivity contribution in [1.29, 1.82) is 5.26 Å². The van der Waals surface area contributed by atoms with Crippen LogP contribution in [0.15, 0.2) is 53.8 Å². The van der Waals surface area contributed by atoms with Crippen LogP contribution in [0.5, 0.6) is 0 Å². The summed E-state index contributed by atoms with van der Waals surface area (Å²) < 4.78 is 74.8. The second-order valence-electron chi connectivity index (χ2n) is 12.0. The van der Waals surface area contributed by atoms with E-state index in [2.05, 4.69) is 16.3 Å². The van der Waals surface area contributed by atoms with Gasteiger partial charge in [0.1, 0.15) is 12.2 Å². The van der Waals surface area contributed by atoms with Crippen LogP contribution in [0.25, 0.3) is 11.2 Å². The van der Waals surface area contributed by atoms with Gasteiger partial charge in [-0.2, -0.15) is 18.4 Å². The van der Waals surface area contributed by atoms with Gasteiger partial charge in [0.15, 0.2) is 0 Å². The van der Waals surface area contributed by atoms with Gasteiger partial charge in [-0.3, -0.25) is 13.9 Å². The number of fused-ring (bicyclic) bond motifs is 1. The van der Waals surface area contributed by atoms with Crippen LogP contribution >= 0.6 is 0 Å². The Morgan fingerprint density at radius 1 is 1.16 bits per heavy atom. The largest absolute Gasteiger partial charge is 0.418 e. The van der Waals surface area contributed by atoms with Gasteiger partial charge in [-0.15, -0.1) is 10.2 Å². The summed E-state index contributed by atoms with van der Waals surface area (Å²) in [5.74, 6) is -3.15. The molecule has 4 heterocycles. The predicted octanol–water partition coefficient (Wildman–Crippen LogP) is 5.13. The lowest BCUT2D eigenvalue weighted by Gasteiger charge is -2.45. The summed E-state index contributed by atoms with van der Waals surface area (Å²) in [5, 5.41) is 17.6. The fourth-order valence-electron chi connectivity index (χ4n) is 6.52. The molecule has 0 radical (unpaired) electrons. The van der Waals surface area contributed by atoms with Crippen LogP contribution in [0, 0.1) is 23.2 Å². The summed E-state index contributed by atoms with van der Waals surface area (Å²) in [6.45, 7) is 1.52. The first-order valence-electron chi connectivity index (χ1n) is 14.1. The molecule has 8 nitrogen and oxygen atoms in total. The highest BCUT2D eigenvalue weighted by atomic mass is 19.4. The number of benzene rings is 1. The van der Waals surface area contributed by atoms with Crippen molar-refractivity contribution in [2.24, 2.45) is 18.9 Å². The molecule has 6 rings (SSSR count). The Morgan fingerprint density at radius 3 is 2.58 bits per heavy atom. The molecule has 1 saturated heterocycles. The minimum atomic E-state index is -4.75. The Balaban J connectivity index is 1.38. The lowest BCUT2D eigenvalue weighted by Crippen LogP contribution is -2.45. The highest BCUT2D eigenvalue weighted by molar-refractivity contribution is 5.58. The normalized spacial score (nSPS) is 24.1. The molecule has 2 aliphatic rings. The van der Waals surface area contributed by atoms with E-state index in [9.17, 15) is 32.0 Å². The van der Waals surface area contributed by atoms with E-state index < -0.39 is 34.7 Å². The number of likely N-dealkylation sites (tertiary alicyclic amines) is 1. The van der Waals surface area contributed by atoms with Crippen molar-refractivity contribution in [1.82, 2.24) is 28.6 Å². The van der Waals surface area contributed by atoms with Crippen LogP contribution in [0.1, 0.15) is 48.7 Å². The summed E-state index contributed by atoms with van der Waals surface area (Å²) in [6, 6.07) is 10.4. The lowest BCUT2D eigenvalue weighted by molar-refractivity contribution is -0.136. The Kier molecular flexibility index (Phi) is 6.95. The number of pyridine rings is 1. The maximum atomic E-state index is 14.3. The highest BCUT2D eigenvalue weighted by Crippen LogP contribution is 2.50. The summed E-state index contributed by atoms with van der Waals surface area (Å²) >= 11 is 0. The van der Waals surface area contributed by atoms with E-state index in [0.29, 0.717) is 24.9 Å². The number of nitriles is 1. The molecule has 1 aliphatic heterocycles. The molecule has 2 fully saturated rings. The average Bonchev–Trinajstić information content (AvgIpc) is 3.49. The summed E-state index contributed by atoms with van der Waals surface area (Å²) in [4.78, 5) is 15.3. The number of nitrogens with zero attached hydrogens (tertiary/aromatic N) is 7. The highest BCUT2D eigenvalue weighted by Gasteiger charge is 2.47. The molecule has 4 aromatic rings. The number of halogens is 5. The number of piperidine rings is 1. The molecule has 13 heteroatoms. The third-order valence-electron chi connectivity index (χ3n) is 9.04. The van der Waals surface area contributed by atoms with Crippen molar-refractivity contribution >= 4 is 5.52 Å². The molecule has 1 aliphatic carbocycles. The first-order chi connectivity index (χ1) is 20.3. The Bertz CT molecular complexity index is 1770. The number of alkyl halides is 5. The molecule has 0 amide bonds. The number of rotatable bonds is 6. The molecule has 43 heavy (non-hydrogen) atoms. The minimum absolute atomic E-state index is 0.0111. The summed E-state index contributed by atoms with van der Waals surface area (Å²) in [7, 11) is 1.83. The van der Waals surface area contributed by atoms with Gasteiger partial charge in [0.05, 0.1) is 22.8 Å². The molecule has 3 aromatic heterocycles. The van der Waals surface area contributed by atoms with E-state index in [4.69, 9.17) is 0 Å². The molecule has 0 bridgehead atoms. The number of aromatic nitrogens is 5. The molecule has 1 aromatic carbocycles. The van der Waals surface area contributed by atoms with E-state index in [0.717, 1.165) is 21.9 Å². The van der Waals surface area contributed by atoms with Gasteiger partial charge >= 0.3 is 11.9 Å². The van der Waals surface area contributed by atoms with Crippen molar-refractivity contribution in [3.63, 3.8) is 0 Å². The Labute approximate surface area is 244 Å². The second kappa shape index (κ2) is 10.3. The van der Waals surface area contributed by atoms with Gasteiger partial charge in [0.2, 0.25) is 0 Å². The van der Waals surface area contributed by atoms with Gasteiger partial charge in [0.25, 0.3) is 5.92 Å². The van der Waals surface area contributed by atoms with Crippen molar-refractivity contribution < 1.29 is 22.0 Å². The smallest absolute Gasteiger partial charge is 0.321 e. The Morgan fingerprint density at radius 2 is 1.93 bits per heavy atom. The van der Waals surface area contributed by atoms with Crippen LogP contribution in [-0.4, -0.2) is 47.6 Å². The molecule has 1 saturated carbocycles.